The van der Waals surface area contributed by atoms with Crippen LogP contribution in [0.3, 0.4) is 0 Å². The number of nitrogens with zero attached hydrogens (tertiary/aromatic N) is 2. The first-order valence-corrected chi connectivity index (χ1v) is 10.6. The zero-order valence-corrected chi connectivity index (χ0v) is 16.0. The van der Waals surface area contributed by atoms with Crippen LogP contribution < -0.4 is 9.80 Å². The van der Waals surface area contributed by atoms with Crippen molar-refractivity contribution < 1.29 is 13.2 Å². The molecule has 0 aliphatic carbocycles. The molecule has 2 aliphatic heterocycles. The number of carbonyl (C=O) groups excluding carboxylic acids is 1. The molecule has 7 heteroatoms. The minimum Gasteiger partial charge on any atom is -0.288 e. The summed E-state index contributed by atoms with van der Waals surface area (Å²) in [6, 6.07) is 14.1. The number of anilines is 2. The Hall–Kier alpha value is -1.86. The molecule has 2 heterocycles. The number of carbonyl (C=O) groups is 1. The third kappa shape index (κ3) is 2.75. The highest BCUT2D eigenvalue weighted by Gasteiger charge is 2.54. The number of benzene rings is 2. The Labute approximate surface area is 155 Å². The molecule has 2 fully saturated rings. The number of fused-ring (bicyclic) bond motifs is 1. The van der Waals surface area contributed by atoms with E-state index in [0.29, 0.717) is 0 Å². The second-order valence-corrected chi connectivity index (χ2v) is 9.57. The molecule has 2 amide bonds. The maximum Gasteiger partial charge on any atom is 0.329 e. The average molecular weight is 421 g/mol. The van der Waals surface area contributed by atoms with Crippen molar-refractivity contribution in [2.75, 3.05) is 21.3 Å². The summed E-state index contributed by atoms with van der Waals surface area (Å²) >= 11 is 3.39. The quantitative estimate of drug-likeness (QED) is 0.699. The van der Waals surface area contributed by atoms with Crippen LogP contribution >= 0.6 is 15.9 Å². The number of aryl methyl sites for hydroxylation is 1. The summed E-state index contributed by atoms with van der Waals surface area (Å²) in [7, 11) is -3.18. The van der Waals surface area contributed by atoms with E-state index in [0.717, 1.165) is 21.4 Å². The Bertz CT molecular complexity index is 943. The SMILES string of the molecule is Cc1ccccc1N1C(=O)N(c2ccc(Br)cc2)[C@H]2CS(=O)(=O)C[C@H]21. The fourth-order valence-corrected chi connectivity index (χ4v) is 5.91. The van der Waals surface area contributed by atoms with Crippen molar-refractivity contribution in [3.63, 3.8) is 0 Å². The Morgan fingerprint density at radius 3 is 2.20 bits per heavy atom. The lowest BCUT2D eigenvalue weighted by molar-refractivity contribution is 0.255. The maximum absolute atomic E-state index is 13.2. The molecule has 0 spiro atoms. The summed E-state index contributed by atoms with van der Waals surface area (Å²) in [5.74, 6) is 0.00657. The van der Waals surface area contributed by atoms with Crippen LogP contribution in [0.25, 0.3) is 0 Å². The predicted octanol–water partition coefficient (Wildman–Crippen LogP) is 3.37. The van der Waals surface area contributed by atoms with Crippen LogP contribution in [-0.4, -0.2) is 38.0 Å². The first kappa shape index (κ1) is 16.6. The maximum atomic E-state index is 13.2. The second kappa shape index (κ2) is 5.85. The molecule has 0 N–H and O–H groups in total. The molecule has 4 rings (SSSR count). The Morgan fingerprint density at radius 1 is 0.960 bits per heavy atom. The minimum atomic E-state index is -3.18. The van der Waals surface area contributed by atoms with Gasteiger partial charge < -0.3 is 0 Å². The number of hydrogen-bond donors (Lipinski definition) is 0. The smallest absolute Gasteiger partial charge is 0.288 e. The van der Waals surface area contributed by atoms with E-state index in [-0.39, 0.29) is 29.6 Å². The van der Waals surface area contributed by atoms with Gasteiger partial charge in [0, 0.05) is 15.8 Å². The van der Waals surface area contributed by atoms with Gasteiger partial charge in [-0.3, -0.25) is 9.80 Å². The number of para-hydroxylation sites is 1. The molecular formula is C18H17BrN2O3S. The topological polar surface area (TPSA) is 57.7 Å². The fourth-order valence-electron chi connectivity index (χ4n) is 3.72. The largest absolute Gasteiger partial charge is 0.329 e. The first-order chi connectivity index (χ1) is 11.9. The number of rotatable bonds is 2. The van der Waals surface area contributed by atoms with Crippen molar-refractivity contribution in [1.29, 1.82) is 0 Å². The van der Waals surface area contributed by atoms with Crippen LogP contribution in [0.4, 0.5) is 16.2 Å². The molecule has 2 saturated heterocycles. The van der Waals surface area contributed by atoms with Gasteiger partial charge in [-0.1, -0.05) is 34.1 Å². The molecule has 0 radical (unpaired) electrons. The van der Waals surface area contributed by atoms with Crippen molar-refractivity contribution in [3.05, 3.63) is 58.6 Å². The molecule has 2 aromatic carbocycles. The van der Waals surface area contributed by atoms with E-state index in [1.807, 2.05) is 55.5 Å². The summed E-state index contributed by atoms with van der Waals surface area (Å²) in [6.45, 7) is 1.93. The van der Waals surface area contributed by atoms with Gasteiger partial charge in [-0.25, -0.2) is 13.2 Å². The van der Waals surface area contributed by atoms with Crippen LogP contribution in [0.1, 0.15) is 5.56 Å². The third-order valence-corrected chi connectivity index (χ3v) is 7.08. The summed E-state index contributed by atoms with van der Waals surface area (Å²) in [6.07, 6.45) is 0. The molecular weight excluding hydrogens is 404 g/mol. The van der Waals surface area contributed by atoms with Gasteiger partial charge in [0.25, 0.3) is 0 Å². The van der Waals surface area contributed by atoms with E-state index in [1.54, 1.807) is 9.80 Å². The van der Waals surface area contributed by atoms with Crippen LogP contribution in [0, 0.1) is 6.92 Å². The summed E-state index contributed by atoms with van der Waals surface area (Å²) in [4.78, 5) is 16.5. The van der Waals surface area contributed by atoms with Gasteiger partial charge >= 0.3 is 6.03 Å². The van der Waals surface area contributed by atoms with E-state index in [4.69, 9.17) is 0 Å². The van der Waals surface area contributed by atoms with E-state index in [9.17, 15) is 13.2 Å². The first-order valence-electron chi connectivity index (χ1n) is 8.01. The van der Waals surface area contributed by atoms with Gasteiger partial charge in [0.1, 0.15) is 0 Å². The highest BCUT2D eigenvalue weighted by Crippen LogP contribution is 2.39. The van der Waals surface area contributed by atoms with Gasteiger partial charge in [0.15, 0.2) is 9.84 Å². The summed E-state index contributed by atoms with van der Waals surface area (Å²) < 4.78 is 25.5. The Morgan fingerprint density at radius 2 is 1.56 bits per heavy atom. The normalized spacial score (nSPS) is 24.6. The number of sulfone groups is 1. The van der Waals surface area contributed by atoms with Crippen LogP contribution in [-0.2, 0) is 9.84 Å². The van der Waals surface area contributed by atoms with Crippen LogP contribution in [0.15, 0.2) is 53.0 Å². The number of hydrogen-bond acceptors (Lipinski definition) is 3. The van der Waals surface area contributed by atoms with Crippen molar-refractivity contribution >= 4 is 43.2 Å². The van der Waals surface area contributed by atoms with E-state index in [2.05, 4.69) is 15.9 Å². The number of halogens is 1. The molecule has 2 atom stereocenters. The molecule has 130 valence electrons. The lowest BCUT2D eigenvalue weighted by atomic mass is 10.1. The van der Waals surface area contributed by atoms with E-state index < -0.39 is 9.84 Å². The molecule has 2 aliphatic rings. The van der Waals surface area contributed by atoms with Crippen molar-refractivity contribution in [2.24, 2.45) is 0 Å². The highest BCUT2D eigenvalue weighted by molar-refractivity contribution is 9.10. The number of amides is 2. The van der Waals surface area contributed by atoms with Crippen molar-refractivity contribution in [1.82, 2.24) is 0 Å². The third-order valence-electron chi connectivity index (χ3n) is 4.85. The highest BCUT2D eigenvalue weighted by atomic mass is 79.9. The van der Waals surface area contributed by atoms with Gasteiger partial charge in [-0.2, -0.15) is 0 Å². The van der Waals surface area contributed by atoms with E-state index in [1.165, 1.54) is 0 Å². The van der Waals surface area contributed by atoms with Crippen molar-refractivity contribution in [2.45, 2.75) is 19.0 Å². The molecule has 0 bridgehead atoms. The second-order valence-electron chi connectivity index (χ2n) is 6.50. The Balaban J connectivity index is 1.83. The summed E-state index contributed by atoms with van der Waals surface area (Å²) in [5, 5.41) is 0. The van der Waals surface area contributed by atoms with Crippen LogP contribution in [0.2, 0.25) is 0 Å². The standard InChI is InChI=1S/C18H17BrN2O3S/c1-12-4-2-3-5-15(12)21-17-11-25(23,24)10-16(17)20(18(21)22)14-8-6-13(19)7-9-14/h2-9,16-17H,10-11H2,1H3/t16-,17+/m0/s1. The van der Waals surface area contributed by atoms with Crippen LogP contribution in [0.5, 0.6) is 0 Å². The minimum absolute atomic E-state index is 0.00184. The predicted molar refractivity (Wildman–Crippen MR) is 102 cm³/mol. The average Bonchev–Trinajstić information content (AvgIpc) is 2.99. The molecule has 2 aromatic rings. The molecule has 5 nitrogen and oxygen atoms in total. The Kier molecular flexibility index (Phi) is 3.88. The molecule has 0 saturated carbocycles. The van der Waals surface area contributed by atoms with Gasteiger partial charge in [0.05, 0.1) is 23.6 Å². The summed E-state index contributed by atoms with van der Waals surface area (Å²) in [5.41, 5.74) is 2.45. The van der Waals surface area contributed by atoms with E-state index >= 15 is 0 Å². The monoisotopic (exact) mass is 420 g/mol. The van der Waals surface area contributed by atoms with Gasteiger partial charge in [0.2, 0.25) is 0 Å². The molecule has 0 aromatic heterocycles. The molecule has 0 unspecified atom stereocenters. The van der Waals surface area contributed by atoms with Gasteiger partial charge in [-0.05, 0) is 42.8 Å². The zero-order chi connectivity index (χ0) is 17.8. The zero-order valence-electron chi connectivity index (χ0n) is 13.6. The molecule has 25 heavy (non-hydrogen) atoms. The van der Waals surface area contributed by atoms with Gasteiger partial charge in [-0.15, -0.1) is 0 Å². The fraction of sp³-hybridized carbons (Fsp3) is 0.278. The lowest BCUT2D eigenvalue weighted by Gasteiger charge is -2.24. The lowest BCUT2D eigenvalue weighted by Crippen LogP contribution is -2.38. The van der Waals surface area contributed by atoms with Crippen molar-refractivity contribution in [3.8, 4) is 0 Å². The number of urea groups is 1.